The second kappa shape index (κ2) is 11.1. The van der Waals surface area contributed by atoms with Crippen LogP contribution in [0.2, 0.25) is 0 Å². The third-order valence-electron chi connectivity index (χ3n) is 6.75. The maximum absolute atomic E-state index is 14.6. The second-order valence-corrected chi connectivity index (χ2v) is 8.91. The zero-order valence-corrected chi connectivity index (χ0v) is 20.4. The van der Waals surface area contributed by atoms with Gasteiger partial charge in [-0.1, -0.05) is 6.08 Å². The van der Waals surface area contributed by atoms with Gasteiger partial charge in [-0.15, -0.1) is 10.2 Å². The van der Waals surface area contributed by atoms with Gasteiger partial charge >= 0.3 is 0 Å². The molecule has 0 saturated carbocycles. The van der Waals surface area contributed by atoms with E-state index in [1.807, 2.05) is 15.5 Å². The van der Waals surface area contributed by atoms with Crippen molar-refractivity contribution in [2.75, 3.05) is 46.6 Å². The first-order valence-electron chi connectivity index (χ1n) is 12.3. The van der Waals surface area contributed by atoms with Crippen LogP contribution in [-0.4, -0.2) is 77.0 Å². The summed E-state index contributed by atoms with van der Waals surface area (Å²) in [6.07, 6.45) is 8.84. The minimum atomic E-state index is -0.206. The Morgan fingerprint density at radius 2 is 2.11 bits per heavy atom. The topological polar surface area (TPSA) is 91.1 Å². The van der Waals surface area contributed by atoms with Crippen LogP contribution in [0.5, 0.6) is 5.75 Å². The highest BCUT2D eigenvalue weighted by Gasteiger charge is 2.22. The molecular weight excluding hydrogens is 465 g/mol. The van der Waals surface area contributed by atoms with Crippen LogP contribution >= 0.6 is 0 Å². The van der Waals surface area contributed by atoms with Crippen LogP contribution in [0, 0.1) is 5.82 Å². The van der Waals surface area contributed by atoms with Crippen molar-refractivity contribution in [1.82, 2.24) is 24.5 Å². The summed E-state index contributed by atoms with van der Waals surface area (Å²) in [6, 6.07) is 3.18. The summed E-state index contributed by atoms with van der Waals surface area (Å²) in [7, 11) is 1.60. The van der Waals surface area contributed by atoms with Crippen molar-refractivity contribution < 1.29 is 23.4 Å². The summed E-state index contributed by atoms with van der Waals surface area (Å²) in [5, 5.41) is 8.48. The Kier molecular flexibility index (Phi) is 7.52. The van der Waals surface area contributed by atoms with Crippen LogP contribution < -0.4 is 4.74 Å². The van der Waals surface area contributed by atoms with Gasteiger partial charge in [0.25, 0.3) is 0 Å². The summed E-state index contributed by atoms with van der Waals surface area (Å²) in [5.41, 5.74) is 4.36. The van der Waals surface area contributed by atoms with Gasteiger partial charge in [0.15, 0.2) is 5.65 Å². The number of nitrogens with zero attached hydrogens (tertiary/aromatic N) is 5. The summed E-state index contributed by atoms with van der Waals surface area (Å²) >= 11 is 0. The van der Waals surface area contributed by atoms with Crippen molar-refractivity contribution >= 4 is 17.1 Å². The molecular formula is C26H30FN5O4. The molecule has 9 nitrogen and oxygen atoms in total. The fraction of sp³-hybridized carbons (Fsp3) is 0.462. The normalized spacial score (nSPS) is 15.5. The van der Waals surface area contributed by atoms with Gasteiger partial charge in [-0.3, -0.25) is 9.20 Å². The fourth-order valence-electron chi connectivity index (χ4n) is 4.85. The number of hydrogen-bond acceptors (Lipinski definition) is 7. The molecule has 0 spiro atoms. The third-order valence-corrected chi connectivity index (χ3v) is 6.75. The first-order valence-corrected chi connectivity index (χ1v) is 12.3. The molecule has 0 N–H and O–H groups in total. The van der Waals surface area contributed by atoms with Crippen LogP contribution in [0.3, 0.4) is 0 Å². The summed E-state index contributed by atoms with van der Waals surface area (Å²) in [5.74, 6) is 1.32. The van der Waals surface area contributed by atoms with Crippen LogP contribution in [0.25, 0.3) is 11.2 Å². The number of fused-ring (bicyclic) bond motifs is 2. The molecule has 0 radical (unpaired) electrons. The number of halogens is 1. The van der Waals surface area contributed by atoms with E-state index < -0.39 is 0 Å². The Morgan fingerprint density at radius 1 is 1.19 bits per heavy atom. The van der Waals surface area contributed by atoms with E-state index >= 15 is 0 Å². The number of ether oxygens (including phenoxy) is 3. The van der Waals surface area contributed by atoms with Crippen molar-refractivity contribution in [2.24, 2.45) is 0 Å². The van der Waals surface area contributed by atoms with E-state index in [1.165, 1.54) is 6.07 Å². The van der Waals surface area contributed by atoms with E-state index in [0.29, 0.717) is 57.7 Å². The van der Waals surface area contributed by atoms with Gasteiger partial charge in [0.05, 0.1) is 19.8 Å². The number of carbonyl (C=O) groups is 1. The van der Waals surface area contributed by atoms with Gasteiger partial charge in [0.2, 0.25) is 5.91 Å². The Morgan fingerprint density at radius 3 is 3.00 bits per heavy atom. The molecule has 0 unspecified atom stereocenters. The number of benzene rings is 1. The summed E-state index contributed by atoms with van der Waals surface area (Å²) in [4.78, 5) is 19.1. The molecule has 1 amide bonds. The lowest BCUT2D eigenvalue weighted by Crippen LogP contribution is -2.35. The minimum Gasteiger partial charge on any atom is -0.493 e. The molecule has 10 heteroatoms. The zero-order chi connectivity index (χ0) is 24.9. The molecule has 2 aromatic heterocycles. The highest BCUT2D eigenvalue weighted by atomic mass is 19.1. The zero-order valence-electron chi connectivity index (χ0n) is 20.4. The van der Waals surface area contributed by atoms with Crippen molar-refractivity contribution in [3.05, 3.63) is 59.1 Å². The molecule has 0 saturated heterocycles. The Balaban J connectivity index is 1.28. The molecule has 2 aliphatic heterocycles. The summed E-state index contributed by atoms with van der Waals surface area (Å²) < 4.78 is 32.4. The molecule has 4 heterocycles. The number of aromatic nitrogens is 4. The molecule has 0 fully saturated rings. The summed E-state index contributed by atoms with van der Waals surface area (Å²) in [6.45, 7) is 2.75. The SMILES string of the molecule is COCCOCC(=O)N1CCC=C(c2cnc(CCc3c(F)ccc4c3CCO4)n3cnnc23)CC1. The molecule has 1 aromatic carbocycles. The lowest BCUT2D eigenvalue weighted by Gasteiger charge is -2.20. The number of aryl methyl sites for hydroxylation is 1. The van der Waals surface area contributed by atoms with E-state index in [4.69, 9.17) is 19.2 Å². The van der Waals surface area contributed by atoms with Gasteiger partial charge in [-0.05, 0) is 42.5 Å². The molecule has 3 aromatic rings. The number of rotatable bonds is 9. The van der Waals surface area contributed by atoms with Crippen LogP contribution in [-0.2, 0) is 33.5 Å². The van der Waals surface area contributed by atoms with E-state index in [2.05, 4.69) is 16.3 Å². The van der Waals surface area contributed by atoms with E-state index in [1.54, 1.807) is 19.5 Å². The number of hydrogen-bond donors (Lipinski definition) is 0. The molecule has 2 aliphatic rings. The van der Waals surface area contributed by atoms with Gasteiger partial charge < -0.3 is 19.1 Å². The van der Waals surface area contributed by atoms with Crippen LogP contribution in [0.15, 0.2) is 30.7 Å². The fourth-order valence-corrected chi connectivity index (χ4v) is 4.85. The number of carbonyl (C=O) groups excluding carboxylic acids is 1. The predicted molar refractivity (Wildman–Crippen MR) is 130 cm³/mol. The number of methoxy groups -OCH3 is 1. The lowest BCUT2D eigenvalue weighted by atomic mass is 9.99. The van der Waals surface area contributed by atoms with Gasteiger partial charge in [-0.2, -0.15) is 0 Å². The molecule has 0 aliphatic carbocycles. The highest BCUT2D eigenvalue weighted by Crippen LogP contribution is 2.31. The second-order valence-electron chi connectivity index (χ2n) is 8.91. The van der Waals surface area contributed by atoms with Crippen molar-refractivity contribution in [3.8, 4) is 5.75 Å². The standard InChI is InChI=1S/C26H30FN5O4/c1-34-13-14-35-16-25(33)31-10-2-3-18(8-11-31)21-15-28-24(32-17-29-30-26(21)32)7-4-19-20-9-12-36-23(20)6-5-22(19)27/h3,5-6,15,17H,2,4,7-14,16H2,1H3. The highest BCUT2D eigenvalue weighted by molar-refractivity contribution is 5.79. The first-order chi connectivity index (χ1) is 17.7. The van der Waals surface area contributed by atoms with Crippen LogP contribution in [0.1, 0.15) is 35.4 Å². The Bertz CT molecular complexity index is 1270. The molecule has 5 rings (SSSR count). The quantitative estimate of drug-likeness (QED) is 0.422. The van der Waals surface area contributed by atoms with E-state index in [9.17, 15) is 9.18 Å². The smallest absolute Gasteiger partial charge is 0.248 e. The van der Waals surface area contributed by atoms with E-state index in [-0.39, 0.29) is 18.3 Å². The monoisotopic (exact) mass is 495 g/mol. The Labute approximate surface area is 208 Å². The van der Waals surface area contributed by atoms with Gasteiger partial charge in [0.1, 0.15) is 30.3 Å². The van der Waals surface area contributed by atoms with Crippen molar-refractivity contribution in [1.29, 1.82) is 0 Å². The average Bonchev–Trinajstić information content (AvgIpc) is 3.51. The maximum atomic E-state index is 14.6. The molecule has 190 valence electrons. The van der Waals surface area contributed by atoms with Crippen LogP contribution in [0.4, 0.5) is 4.39 Å². The largest absolute Gasteiger partial charge is 0.493 e. The molecule has 36 heavy (non-hydrogen) atoms. The van der Waals surface area contributed by atoms with Crippen molar-refractivity contribution in [2.45, 2.75) is 32.1 Å². The molecule has 0 bridgehead atoms. The Hall–Kier alpha value is -3.37. The molecule has 0 atom stereocenters. The van der Waals surface area contributed by atoms with E-state index in [0.717, 1.165) is 46.8 Å². The van der Waals surface area contributed by atoms with Gasteiger partial charge in [-0.25, -0.2) is 9.37 Å². The third kappa shape index (κ3) is 5.10. The minimum absolute atomic E-state index is 0.0214. The lowest BCUT2D eigenvalue weighted by molar-refractivity contribution is -0.136. The van der Waals surface area contributed by atoms with Gasteiger partial charge in [0, 0.05) is 50.4 Å². The average molecular weight is 496 g/mol. The predicted octanol–water partition coefficient (Wildman–Crippen LogP) is 2.65. The first kappa shape index (κ1) is 24.3. The maximum Gasteiger partial charge on any atom is 0.248 e. The van der Waals surface area contributed by atoms with Crippen molar-refractivity contribution in [3.63, 3.8) is 0 Å². The number of amides is 1.